The zero-order chi connectivity index (χ0) is 22.9. The van der Waals surface area contributed by atoms with Gasteiger partial charge in [0.25, 0.3) is 0 Å². The van der Waals surface area contributed by atoms with Crippen LogP contribution in [0.5, 0.6) is 5.88 Å². The Balaban J connectivity index is 1.41. The van der Waals surface area contributed by atoms with Gasteiger partial charge in [-0.3, -0.25) is 9.48 Å². The molecule has 2 atom stereocenters. The van der Waals surface area contributed by atoms with Gasteiger partial charge in [-0.05, 0) is 70.3 Å². The molecule has 0 bridgehead atoms. The molecule has 1 aromatic carbocycles. The summed E-state index contributed by atoms with van der Waals surface area (Å²) in [6.45, 7) is 4.39. The van der Waals surface area contributed by atoms with E-state index < -0.39 is 0 Å². The molecule has 5 rings (SSSR count). The SMILES string of the molecule is C[C@@H](Oc1nc(-c2ccc(C3CCN(C)CC3)cc2)cc2nn(C)cc12)[C@H]1CCCC(=O)C1. The van der Waals surface area contributed by atoms with Gasteiger partial charge in [0.15, 0.2) is 0 Å². The highest BCUT2D eigenvalue weighted by Gasteiger charge is 2.27. The number of hydrogen-bond donors (Lipinski definition) is 0. The summed E-state index contributed by atoms with van der Waals surface area (Å²) in [5, 5.41) is 5.54. The third-order valence-electron chi connectivity index (χ3n) is 7.46. The first kappa shape index (κ1) is 22.1. The van der Waals surface area contributed by atoms with Crippen molar-refractivity contribution in [1.82, 2.24) is 19.7 Å². The predicted octanol–water partition coefficient (Wildman–Crippen LogP) is 4.97. The molecule has 3 aromatic rings. The number of piperidine rings is 1. The topological polar surface area (TPSA) is 60.2 Å². The van der Waals surface area contributed by atoms with Crippen molar-refractivity contribution in [3.8, 4) is 17.1 Å². The van der Waals surface area contributed by atoms with Gasteiger partial charge in [0.2, 0.25) is 5.88 Å². The molecule has 6 heteroatoms. The maximum atomic E-state index is 12.0. The number of ether oxygens (including phenoxy) is 1. The highest BCUT2D eigenvalue weighted by Crippen LogP contribution is 2.34. The lowest BCUT2D eigenvalue weighted by atomic mass is 9.85. The quantitative estimate of drug-likeness (QED) is 0.554. The zero-order valence-electron chi connectivity index (χ0n) is 20.0. The molecule has 3 heterocycles. The van der Waals surface area contributed by atoms with E-state index >= 15 is 0 Å². The van der Waals surface area contributed by atoms with Crippen molar-refractivity contribution in [3.05, 3.63) is 42.1 Å². The smallest absolute Gasteiger partial charge is 0.225 e. The molecular formula is C27H34N4O2. The van der Waals surface area contributed by atoms with Crippen molar-refractivity contribution < 1.29 is 9.53 Å². The minimum Gasteiger partial charge on any atom is -0.474 e. The van der Waals surface area contributed by atoms with E-state index in [-0.39, 0.29) is 12.0 Å². The average Bonchev–Trinajstić information content (AvgIpc) is 3.20. The van der Waals surface area contributed by atoms with Crippen LogP contribution in [0.4, 0.5) is 0 Å². The first-order valence-electron chi connectivity index (χ1n) is 12.3. The van der Waals surface area contributed by atoms with Crippen LogP contribution in [0.2, 0.25) is 0 Å². The largest absolute Gasteiger partial charge is 0.474 e. The molecule has 1 aliphatic heterocycles. The van der Waals surface area contributed by atoms with Crippen molar-refractivity contribution in [1.29, 1.82) is 0 Å². The summed E-state index contributed by atoms with van der Waals surface area (Å²) in [6, 6.07) is 10.9. The Bertz CT molecular complexity index is 1130. The number of carbonyl (C=O) groups excluding carboxylic acids is 1. The Morgan fingerprint density at radius 1 is 1.09 bits per heavy atom. The first-order chi connectivity index (χ1) is 16.0. The molecule has 174 valence electrons. The Hall–Kier alpha value is -2.73. The zero-order valence-corrected chi connectivity index (χ0v) is 20.0. The summed E-state index contributed by atoms with van der Waals surface area (Å²) < 4.78 is 8.21. The summed E-state index contributed by atoms with van der Waals surface area (Å²) in [5.41, 5.74) is 4.24. The number of nitrogens with zero attached hydrogens (tertiary/aromatic N) is 4. The Labute approximate surface area is 195 Å². The maximum absolute atomic E-state index is 12.0. The van der Waals surface area contributed by atoms with Crippen molar-refractivity contribution >= 4 is 16.7 Å². The van der Waals surface area contributed by atoms with Crippen LogP contribution in [-0.2, 0) is 11.8 Å². The van der Waals surface area contributed by atoms with E-state index in [1.807, 2.05) is 19.3 Å². The van der Waals surface area contributed by atoms with E-state index in [4.69, 9.17) is 9.72 Å². The second-order valence-electron chi connectivity index (χ2n) is 9.97. The second-order valence-corrected chi connectivity index (χ2v) is 9.97. The number of fused-ring (bicyclic) bond motifs is 1. The second kappa shape index (κ2) is 9.26. The number of carbonyl (C=O) groups is 1. The van der Waals surface area contributed by atoms with Crippen LogP contribution in [0.25, 0.3) is 22.2 Å². The number of rotatable bonds is 5. The van der Waals surface area contributed by atoms with Crippen molar-refractivity contribution in [2.24, 2.45) is 13.0 Å². The highest BCUT2D eigenvalue weighted by atomic mass is 16.5. The fraction of sp³-hybridized carbons (Fsp3) is 0.519. The molecule has 0 radical (unpaired) electrons. The summed E-state index contributed by atoms with van der Waals surface area (Å²) in [4.78, 5) is 19.3. The Morgan fingerprint density at radius 2 is 1.85 bits per heavy atom. The number of aryl methyl sites for hydroxylation is 1. The third-order valence-corrected chi connectivity index (χ3v) is 7.46. The molecule has 6 nitrogen and oxygen atoms in total. The molecule has 2 aromatic heterocycles. The predicted molar refractivity (Wildman–Crippen MR) is 130 cm³/mol. The molecule has 2 fully saturated rings. The molecule has 1 saturated heterocycles. The summed E-state index contributed by atoms with van der Waals surface area (Å²) >= 11 is 0. The van der Waals surface area contributed by atoms with Gasteiger partial charge in [0, 0.05) is 37.6 Å². The van der Waals surface area contributed by atoms with E-state index in [1.54, 1.807) is 4.68 Å². The van der Waals surface area contributed by atoms with E-state index in [0.717, 1.165) is 48.1 Å². The number of aromatic nitrogens is 3. The molecular weight excluding hydrogens is 412 g/mol. The van der Waals surface area contributed by atoms with Crippen LogP contribution < -0.4 is 4.74 Å². The van der Waals surface area contributed by atoms with Crippen LogP contribution in [-0.4, -0.2) is 51.7 Å². The Kier molecular flexibility index (Phi) is 6.19. The molecule has 0 amide bonds. The standard InChI is InChI=1S/C27H34N4O2/c1-18(22-5-4-6-23(32)15-22)33-27-24-17-31(3)29-26(24)16-25(28-27)21-9-7-19(8-10-21)20-11-13-30(2)14-12-20/h7-10,16-18,20,22H,4-6,11-15H2,1-3H3/t18-,22+/m1/s1. The highest BCUT2D eigenvalue weighted by molar-refractivity contribution is 5.86. The number of hydrogen-bond acceptors (Lipinski definition) is 5. The number of pyridine rings is 1. The van der Waals surface area contributed by atoms with Gasteiger partial charge in [-0.25, -0.2) is 4.98 Å². The average molecular weight is 447 g/mol. The number of benzene rings is 1. The minimum absolute atomic E-state index is 0.0628. The lowest BCUT2D eigenvalue weighted by Gasteiger charge is -2.29. The monoisotopic (exact) mass is 446 g/mol. The number of Topliss-reactive ketones (excluding diaryl/α,β-unsaturated/α-hetero) is 1. The summed E-state index contributed by atoms with van der Waals surface area (Å²) in [6.07, 6.45) is 7.63. The van der Waals surface area contributed by atoms with Crippen LogP contribution >= 0.6 is 0 Å². The Morgan fingerprint density at radius 3 is 2.58 bits per heavy atom. The normalized spacial score (nSPS) is 21.4. The first-order valence-corrected chi connectivity index (χ1v) is 12.3. The molecule has 0 unspecified atom stereocenters. The van der Waals surface area contributed by atoms with E-state index in [0.29, 0.717) is 30.4 Å². The lowest BCUT2D eigenvalue weighted by molar-refractivity contribution is -0.122. The van der Waals surface area contributed by atoms with Crippen LogP contribution in [0.3, 0.4) is 0 Å². The van der Waals surface area contributed by atoms with Gasteiger partial charge >= 0.3 is 0 Å². The van der Waals surface area contributed by atoms with Gasteiger partial charge in [-0.1, -0.05) is 24.3 Å². The van der Waals surface area contributed by atoms with Gasteiger partial charge in [-0.15, -0.1) is 0 Å². The van der Waals surface area contributed by atoms with Crippen LogP contribution in [0.1, 0.15) is 56.9 Å². The molecule has 33 heavy (non-hydrogen) atoms. The van der Waals surface area contributed by atoms with Crippen LogP contribution in [0, 0.1) is 5.92 Å². The fourth-order valence-corrected chi connectivity index (χ4v) is 5.35. The molecule has 1 saturated carbocycles. The third kappa shape index (κ3) is 4.81. The summed E-state index contributed by atoms with van der Waals surface area (Å²) in [7, 11) is 4.12. The fourth-order valence-electron chi connectivity index (χ4n) is 5.35. The van der Waals surface area contributed by atoms with E-state index in [2.05, 4.69) is 48.2 Å². The molecule has 0 N–H and O–H groups in total. The van der Waals surface area contributed by atoms with Gasteiger partial charge in [0.1, 0.15) is 11.9 Å². The van der Waals surface area contributed by atoms with E-state index in [9.17, 15) is 4.79 Å². The van der Waals surface area contributed by atoms with Crippen molar-refractivity contribution in [2.45, 2.75) is 57.5 Å². The van der Waals surface area contributed by atoms with Crippen LogP contribution in [0.15, 0.2) is 36.5 Å². The van der Waals surface area contributed by atoms with Gasteiger partial charge < -0.3 is 9.64 Å². The maximum Gasteiger partial charge on any atom is 0.225 e. The number of likely N-dealkylation sites (tertiary alicyclic amines) is 1. The van der Waals surface area contributed by atoms with Crippen molar-refractivity contribution in [2.75, 3.05) is 20.1 Å². The minimum atomic E-state index is -0.0628. The van der Waals surface area contributed by atoms with Crippen molar-refractivity contribution in [3.63, 3.8) is 0 Å². The van der Waals surface area contributed by atoms with Gasteiger partial charge in [0.05, 0.1) is 16.6 Å². The van der Waals surface area contributed by atoms with Gasteiger partial charge in [-0.2, -0.15) is 5.10 Å². The van der Waals surface area contributed by atoms with E-state index in [1.165, 1.54) is 18.4 Å². The molecule has 2 aliphatic rings. The molecule has 1 aliphatic carbocycles. The summed E-state index contributed by atoms with van der Waals surface area (Å²) in [5.74, 6) is 1.84. The lowest BCUT2D eigenvalue weighted by Crippen LogP contribution is -2.29. The number of ketones is 1. The molecule has 0 spiro atoms.